The SMILES string of the molecule is COc1ccc(OC)c(-c2cn3c(CCN(C[C@H]4CCCO4)C(=O)Nc4ccc(C)cc4)csc3n2)c1. The molecule has 2 aromatic carbocycles. The number of anilines is 1. The normalized spacial score (nSPS) is 15.2. The molecule has 5 rings (SSSR count). The summed E-state index contributed by atoms with van der Waals surface area (Å²) in [4.78, 5) is 20.8. The Morgan fingerprint density at radius 3 is 2.78 bits per heavy atom. The predicted molar refractivity (Wildman–Crippen MR) is 146 cm³/mol. The van der Waals surface area contributed by atoms with Gasteiger partial charge in [-0.3, -0.25) is 4.40 Å². The molecule has 1 N–H and O–H groups in total. The minimum Gasteiger partial charge on any atom is -0.497 e. The number of amides is 2. The van der Waals surface area contributed by atoms with Crippen LogP contribution in [-0.2, 0) is 11.2 Å². The van der Waals surface area contributed by atoms with Crippen molar-refractivity contribution in [1.29, 1.82) is 0 Å². The number of fused-ring (bicyclic) bond motifs is 1. The van der Waals surface area contributed by atoms with E-state index in [1.165, 1.54) is 0 Å². The zero-order valence-corrected chi connectivity index (χ0v) is 22.2. The monoisotopic (exact) mass is 520 g/mol. The van der Waals surface area contributed by atoms with Crippen LogP contribution in [0.25, 0.3) is 16.2 Å². The van der Waals surface area contributed by atoms with Gasteiger partial charge in [-0.05, 0) is 50.1 Å². The van der Waals surface area contributed by atoms with Crippen LogP contribution in [0, 0.1) is 6.92 Å². The largest absolute Gasteiger partial charge is 0.497 e. The average Bonchev–Trinajstić information content (AvgIpc) is 3.66. The molecule has 1 aliphatic rings. The highest BCUT2D eigenvalue weighted by Gasteiger charge is 2.23. The summed E-state index contributed by atoms with van der Waals surface area (Å²) in [6.45, 7) is 3.93. The molecule has 0 radical (unpaired) electrons. The molecule has 9 heteroatoms. The van der Waals surface area contributed by atoms with Crippen LogP contribution in [0.4, 0.5) is 10.5 Å². The zero-order valence-electron chi connectivity index (χ0n) is 21.4. The Labute approximate surface area is 220 Å². The number of aryl methyl sites for hydroxylation is 1. The molecule has 8 nitrogen and oxygen atoms in total. The van der Waals surface area contributed by atoms with Gasteiger partial charge in [0, 0.05) is 54.6 Å². The topological polar surface area (TPSA) is 77.3 Å². The van der Waals surface area contributed by atoms with E-state index in [0.717, 1.165) is 64.1 Å². The predicted octanol–water partition coefficient (Wildman–Crippen LogP) is 5.64. The molecule has 1 aliphatic heterocycles. The van der Waals surface area contributed by atoms with Gasteiger partial charge in [-0.15, -0.1) is 11.3 Å². The van der Waals surface area contributed by atoms with Crippen molar-refractivity contribution in [1.82, 2.24) is 14.3 Å². The van der Waals surface area contributed by atoms with Crippen LogP contribution in [0.5, 0.6) is 11.5 Å². The van der Waals surface area contributed by atoms with Gasteiger partial charge in [-0.2, -0.15) is 0 Å². The molecule has 0 bridgehead atoms. The molecular formula is C28H32N4O4S. The number of imidazole rings is 1. The summed E-state index contributed by atoms with van der Waals surface area (Å²) in [6, 6.07) is 13.4. The average molecular weight is 521 g/mol. The van der Waals surface area contributed by atoms with E-state index in [0.29, 0.717) is 19.5 Å². The van der Waals surface area contributed by atoms with Crippen LogP contribution in [0.15, 0.2) is 54.0 Å². The van der Waals surface area contributed by atoms with E-state index in [4.69, 9.17) is 19.2 Å². The second-order valence-corrected chi connectivity index (χ2v) is 10.0. The number of methoxy groups -OCH3 is 2. The lowest BCUT2D eigenvalue weighted by molar-refractivity contribution is 0.0838. The first-order chi connectivity index (χ1) is 18.0. The maximum absolute atomic E-state index is 13.2. The van der Waals surface area contributed by atoms with E-state index in [-0.39, 0.29) is 12.1 Å². The van der Waals surface area contributed by atoms with Crippen molar-refractivity contribution in [3.8, 4) is 22.8 Å². The molecule has 0 aliphatic carbocycles. The van der Waals surface area contributed by atoms with Gasteiger partial charge in [0.25, 0.3) is 0 Å². The van der Waals surface area contributed by atoms with Gasteiger partial charge in [0.15, 0.2) is 4.96 Å². The number of hydrogen-bond acceptors (Lipinski definition) is 6. The molecule has 4 aromatic rings. The van der Waals surface area contributed by atoms with Crippen molar-refractivity contribution in [2.45, 2.75) is 32.3 Å². The minimum atomic E-state index is -0.113. The number of ether oxygens (including phenoxy) is 3. The molecule has 2 amide bonds. The van der Waals surface area contributed by atoms with Crippen LogP contribution in [0.2, 0.25) is 0 Å². The Morgan fingerprint density at radius 2 is 2.05 bits per heavy atom. The third-order valence-electron chi connectivity index (χ3n) is 6.64. The standard InChI is InChI=1S/C28H32N4O4S/c1-19-6-8-20(9-7-19)29-27(33)31(16-23-5-4-14-36-23)13-12-21-18-37-28-30-25(17-32(21)28)24-15-22(34-2)10-11-26(24)35-3/h6-11,15,17-18,23H,4-5,12-14,16H2,1-3H3,(H,29,33)/t23-/m1/s1. The Hall–Kier alpha value is -3.56. The lowest BCUT2D eigenvalue weighted by atomic mass is 10.1. The summed E-state index contributed by atoms with van der Waals surface area (Å²) < 4.78 is 18.9. The summed E-state index contributed by atoms with van der Waals surface area (Å²) in [5.41, 5.74) is 4.73. The van der Waals surface area contributed by atoms with Crippen molar-refractivity contribution < 1.29 is 19.0 Å². The second-order valence-electron chi connectivity index (χ2n) is 9.20. The van der Waals surface area contributed by atoms with E-state index >= 15 is 0 Å². The van der Waals surface area contributed by atoms with Gasteiger partial charge in [0.1, 0.15) is 11.5 Å². The molecule has 3 heterocycles. The first-order valence-electron chi connectivity index (χ1n) is 12.5. The Morgan fingerprint density at radius 1 is 1.22 bits per heavy atom. The fourth-order valence-corrected chi connectivity index (χ4v) is 5.46. The summed E-state index contributed by atoms with van der Waals surface area (Å²) in [6.07, 6.45) is 4.81. The number of carbonyl (C=O) groups is 1. The molecule has 194 valence electrons. The fourth-order valence-electron chi connectivity index (χ4n) is 4.55. The summed E-state index contributed by atoms with van der Waals surface area (Å²) in [5, 5.41) is 5.16. The van der Waals surface area contributed by atoms with E-state index in [1.54, 1.807) is 25.6 Å². The highest BCUT2D eigenvalue weighted by molar-refractivity contribution is 7.15. The Kier molecular flexibility index (Phi) is 7.62. The summed E-state index contributed by atoms with van der Waals surface area (Å²) >= 11 is 1.59. The summed E-state index contributed by atoms with van der Waals surface area (Å²) in [7, 11) is 3.30. The van der Waals surface area contributed by atoms with Crippen LogP contribution in [0.1, 0.15) is 24.1 Å². The quantitative estimate of drug-likeness (QED) is 0.309. The van der Waals surface area contributed by atoms with Crippen molar-refractivity contribution >= 4 is 28.0 Å². The smallest absolute Gasteiger partial charge is 0.321 e. The van der Waals surface area contributed by atoms with Crippen LogP contribution in [0.3, 0.4) is 0 Å². The van der Waals surface area contributed by atoms with Crippen molar-refractivity contribution in [3.05, 3.63) is 65.3 Å². The molecule has 0 unspecified atom stereocenters. The molecule has 1 saturated heterocycles. The molecular weight excluding hydrogens is 488 g/mol. The molecule has 0 saturated carbocycles. The maximum atomic E-state index is 13.2. The highest BCUT2D eigenvalue weighted by Crippen LogP contribution is 2.34. The molecule has 2 aromatic heterocycles. The molecule has 0 spiro atoms. The van der Waals surface area contributed by atoms with Gasteiger partial charge < -0.3 is 24.4 Å². The third-order valence-corrected chi connectivity index (χ3v) is 7.53. The lowest BCUT2D eigenvalue weighted by Crippen LogP contribution is -2.41. The van der Waals surface area contributed by atoms with Gasteiger partial charge >= 0.3 is 6.03 Å². The Balaban J connectivity index is 1.34. The Bertz CT molecular complexity index is 1360. The van der Waals surface area contributed by atoms with Gasteiger partial charge in [-0.25, -0.2) is 9.78 Å². The number of urea groups is 1. The number of nitrogens with one attached hydrogen (secondary N) is 1. The molecule has 37 heavy (non-hydrogen) atoms. The number of benzene rings is 2. The van der Waals surface area contributed by atoms with E-state index in [1.807, 2.05) is 60.5 Å². The van der Waals surface area contributed by atoms with E-state index in [9.17, 15) is 4.79 Å². The first-order valence-corrected chi connectivity index (χ1v) is 13.3. The number of hydrogen-bond donors (Lipinski definition) is 1. The van der Waals surface area contributed by atoms with Gasteiger partial charge in [0.05, 0.1) is 26.0 Å². The van der Waals surface area contributed by atoms with E-state index < -0.39 is 0 Å². The number of thiazole rings is 1. The number of aromatic nitrogens is 2. The van der Waals surface area contributed by atoms with Crippen molar-refractivity contribution in [2.24, 2.45) is 0 Å². The van der Waals surface area contributed by atoms with Crippen molar-refractivity contribution in [3.63, 3.8) is 0 Å². The fraction of sp³-hybridized carbons (Fsp3) is 0.357. The van der Waals surface area contributed by atoms with Gasteiger partial charge in [-0.1, -0.05) is 17.7 Å². The molecule has 1 atom stereocenters. The maximum Gasteiger partial charge on any atom is 0.321 e. The molecule has 1 fully saturated rings. The van der Waals surface area contributed by atoms with Gasteiger partial charge in [0.2, 0.25) is 0 Å². The minimum absolute atomic E-state index is 0.0756. The number of rotatable bonds is 9. The highest BCUT2D eigenvalue weighted by atomic mass is 32.1. The van der Waals surface area contributed by atoms with E-state index in [2.05, 4.69) is 15.1 Å². The second kappa shape index (κ2) is 11.2. The lowest BCUT2D eigenvalue weighted by Gasteiger charge is -2.25. The van der Waals surface area contributed by atoms with Crippen molar-refractivity contribution in [2.75, 3.05) is 39.2 Å². The van der Waals surface area contributed by atoms with Crippen LogP contribution in [-0.4, -0.2) is 60.3 Å². The van der Waals surface area contributed by atoms with Crippen LogP contribution >= 0.6 is 11.3 Å². The number of nitrogens with zero attached hydrogens (tertiary/aromatic N) is 3. The number of carbonyl (C=O) groups excluding carboxylic acids is 1. The first kappa shape index (κ1) is 25.1. The summed E-state index contributed by atoms with van der Waals surface area (Å²) in [5.74, 6) is 1.49. The van der Waals surface area contributed by atoms with Crippen LogP contribution < -0.4 is 14.8 Å². The zero-order chi connectivity index (χ0) is 25.8. The third kappa shape index (κ3) is 5.73.